The van der Waals surface area contributed by atoms with Gasteiger partial charge in [0.1, 0.15) is 5.75 Å². The van der Waals surface area contributed by atoms with Crippen LogP contribution in [0.1, 0.15) is 22.8 Å². The number of carbonyl (C=O) groups excluding carboxylic acids is 1. The van der Waals surface area contributed by atoms with Gasteiger partial charge in [0, 0.05) is 11.3 Å². The Morgan fingerprint density at radius 1 is 1.21 bits per heavy atom. The van der Waals surface area contributed by atoms with Gasteiger partial charge >= 0.3 is 0 Å². The van der Waals surface area contributed by atoms with E-state index in [4.69, 9.17) is 0 Å². The first kappa shape index (κ1) is 13.9. The molecule has 0 unspecified atom stereocenters. The summed E-state index contributed by atoms with van der Waals surface area (Å²) in [5.74, 6) is -0.106. The van der Waals surface area contributed by atoms with E-state index in [-0.39, 0.29) is 11.7 Å². The van der Waals surface area contributed by atoms with Crippen LogP contribution >= 0.6 is 22.6 Å². The van der Waals surface area contributed by atoms with Gasteiger partial charge in [-0.25, -0.2) is 0 Å². The Labute approximate surface area is 125 Å². The summed E-state index contributed by atoms with van der Waals surface area (Å²) in [5.41, 5.74) is 2.42. The molecule has 0 aliphatic heterocycles. The molecule has 2 N–H and O–H groups in total. The highest BCUT2D eigenvalue weighted by Gasteiger charge is 2.08. The van der Waals surface area contributed by atoms with Crippen molar-refractivity contribution in [2.45, 2.75) is 13.3 Å². The number of phenols is 1. The summed E-state index contributed by atoms with van der Waals surface area (Å²) in [6.07, 6.45) is 0.971. The zero-order valence-corrected chi connectivity index (χ0v) is 12.6. The van der Waals surface area contributed by atoms with Gasteiger partial charge in [-0.05, 0) is 64.9 Å². The molecule has 0 aliphatic carbocycles. The van der Waals surface area contributed by atoms with Gasteiger partial charge in [-0.3, -0.25) is 4.79 Å². The zero-order chi connectivity index (χ0) is 13.8. The summed E-state index contributed by atoms with van der Waals surface area (Å²) < 4.78 is 0.724. The van der Waals surface area contributed by atoms with Crippen molar-refractivity contribution in [3.05, 3.63) is 57.2 Å². The molecule has 0 heterocycles. The van der Waals surface area contributed by atoms with E-state index in [0.717, 1.165) is 15.7 Å². The summed E-state index contributed by atoms with van der Waals surface area (Å²) in [6, 6.07) is 12.6. The van der Waals surface area contributed by atoms with E-state index < -0.39 is 0 Å². The molecule has 2 aromatic rings. The molecule has 1 amide bonds. The number of amides is 1. The van der Waals surface area contributed by atoms with Gasteiger partial charge in [-0.1, -0.05) is 19.1 Å². The molecule has 2 aromatic carbocycles. The minimum atomic E-state index is -0.226. The Kier molecular flexibility index (Phi) is 4.42. The van der Waals surface area contributed by atoms with Crippen molar-refractivity contribution in [1.29, 1.82) is 0 Å². The summed E-state index contributed by atoms with van der Waals surface area (Å²) in [7, 11) is 0. The predicted octanol–water partition coefficient (Wildman–Crippen LogP) is 3.81. The van der Waals surface area contributed by atoms with Gasteiger partial charge in [0.15, 0.2) is 0 Å². The van der Waals surface area contributed by atoms with E-state index in [9.17, 15) is 9.90 Å². The van der Waals surface area contributed by atoms with Crippen molar-refractivity contribution in [2.75, 3.05) is 5.32 Å². The normalized spacial score (nSPS) is 10.2. The number of rotatable bonds is 3. The largest absolute Gasteiger partial charge is 0.507 e. The lowest BCUT2D eigenvalue weighted by Crippen LogP contribution is -2.11. The number of phenolic OH excluding ortho intramolecular Hbond substituents is 1. The number of nitrogens with one attached hydrogen (secondary N) is 1. The van der Waals surface area contributed by atoms with Crippen LogP contribution in [0.15, 0.2) is 42.5 Å². The Bertz CT molecular complexity index is 594. The van der Waals surface area contributed by atoms with E-state index in [2.05, 4.69) is 12.2 Å². The zero-order valence-electron chi connectivity index (χ0n) is 10.5. The van der Waals surface area contributed by atoms with Crippen LogP contribution in [0.25, 0.3) is 0 Å². The second-order valence-corrected chi connectivity index (χ2v) is 5.33. The van der Waals surface area contributed by atoms with Crippen molar-refractivity contribution in [3.63, 3.8) is 0 Å². The summed E-state index contributed by atoms with van der Waals surface area (Å²) in [6.45, 7) is 2.09. The van der Waals surface area contributed by atoms with Gasteiger partial charge in [0.25, 0.3) is 5.91 Å². The number of hydrogen-bond acceptors (Lipinski definition) is 2. The van der Waals surface area contributed by atoms with Crippen LogP contribution in [0.4, 0.5) is 5.69 Å². The lowest BCUT2D eigenvalue weighted by molar-refractivity contribution is 0.102. The molecule has 0 fully saturated rings. The SMILES string of the molecule is CCc1ccc(NC(=O)c2ccc(I)c(O)c2)cc1. The minimum absolute atomic E-state index is 0.120. The molecule has 19 heavy (non-hydrogen) atoms. The molecule has 4 heteroatoms. The fourth-order valence-electron chi connectivity index (χ4n) is 1.68. The van der Waals surface area contributed by atoms with Crippen molar-refractivity contribution < 1.29 is 9.90 Å². The summed E-state index contributed by atoms with van der Waals surface area (Å²) >= 11 is 2.01. The van der Waals surface area contributed by atoms with E-state index in [1.165, 1.54) is 11.6 Å². The second-order valence-electron chi connectivity index (χ2n) is 4.17. The van der Waals surface area contributed by atoms with Crippen LogP contribution in [0.3, 0.4) is 0 Å². The number of aromatic hydroxyl groups is 1. The highest BCUT2D eigenvalue weighted by Crippen LogP contribution is 2.21. The molecule has 0 bridgehead atoms. The molecular formula is C15H14INO2. The molecule has 0 radical (unpaired) electrons. The molecule has 0 aliphatic rings. The third-order valence-electron chi connectivity index (χ3n) is 2.83. The van der Waals surface area contributed by atoms with E-state index in [1.807, 2.05) is 46.9 Å². The van der Waals surface area contributed by atoms with Gasteiger partial charge in [-0.2, -0.15) is 0 Å². The topological polar surface area (TPSA) is 49.3 Å². The molecule has 2 rings (SSSR count). The Morgan fingerprint density at radius 3 is 2.47 bits per heavy atom. The van der Waals surface area contributed by atoms with Crippen LogP contribution in [0.2, 0.25) is 0 Å². The first-order valence-electron chi connectivity index (χ1n) is 5.99. The third kappa shape index (κ3) is 3.47. The number of benzene rings is 2. The van der Waals surface area contributed by atoms with Crippen molar-refractivity contribution in [2.24, 2.45) is 0 Å². The summed E-state index contributed by atoms with van der Waals surface area (Å²) in [5, 5.41) is 12.4. The van der Waals surface area contributed by atoms with Crippen LogP contribution in [-0.2, 0) is 6.42 Å². The van der Waals surface area contributed by atoms with Crippen molar-refractivity contribution in [1.82, 2.24) is 0 Å². The lowest BCUT2D eigenvalue weighted by Gasteiger charge is -2.07. The molecule has 0 atom stereocenters. The average molecular weight is 367 g/mol. The highest BCUT2D eigenvalue weighted by molar-refractivity contribution is 14.1. The minimum Gasteiger partial charge on any atom is -0.507 e. The van der Waals surface area contributed by atoms with Gasteiger partial charge in [-0.15, -0.1) is 0 Å². The lowest BCUT2D eigenvalue weighted by atomic mass is 10.1. The van der Waals surface area contributed by atoms with Gasteiger partial charge in [0.2, 0.25) is 0 Å². The van der Waals surface area contributed by atoms with Crippen LogP contribution < -0.4 is 5.32 Å². The van der Waals surface area contributed by atoms with E-state index in [0.29, 0.717) is 5.56 Å². The molecule has 3 nitrogen and oxygen atoms in total. The molecule has 0 spiro atoms. The Hall–Kier alpha value is -1.56. The molecular weight excluding hydrogens is 353 g/mol. The highest BCUT2D eigenvalue weighted by atomic mass is 127. The smallest absolute Gasteiger partial charge is 0.255 e. The van der Waals surface area contributed by atoms with Crippen LogP contribution in [0, 0.1) is 3.57 Å². The second kappa shape index (κ2) is 6.06. The van der Waals surface area contributed by atoms with Crippen molar-refractivity contribution >= 4 is 34.2 Å². The molecule has 0 saturated carbocycles. The fourth-order valence-corrected chi connectivity index (χ4v) is 2.02. The number of anilines is 1. The number of carbonyl (C=O) groups is 1. The number of halogens is 1. The van der Waals surface area contributed by atoms with Crippen LogP contribution in [0.5, 0.6) is 5.75 Å². The number of hydrogen-bond donors (Lipinski definition) is 2. The maximum absolute atomic E-state index is 12.0. The average Bonchev–Trinajstić information content (AvgIpc) is 2.42. The summed E-state index contributed by atoms with van der Waals surface area (Å²) in [4.78, 5) is 12.0. The molecule has 0 saturated heterocycles. The quantitative estimate of drug-likeness (QED) is 0.811. The van der Waals surface area contributed by atoms with Gasteiger partial charge < -0.3 is 10.4 Å². The van der Waals surface area contributed by atoms with E-state index >= 15 is 0 Å². The Morgan fingerprint density at radius 2 is 1.89 bits per heavy atom. The monoisotopic (exact) mass is 367 g/mol. The van der Waals surface area contributed by atoms with Crippen molar-refractivity contribution in [3.8, 4) is 5.75 Å². The maximum atomic E-state index is 12.0. The first-order valence-corrected chi connectivity index (χ1v) is 7.07. The standard InChI is InChI=1S/C15H14INO2/c1-2-10-3-6-12(7-4-10)17-15(19)11-5-8-13(16)14(18)9-11/h3-9,18H,2H2,1H3,(H,17,19). The predicted molar refractivity (Wildman–Crippen MR) is 84.6 cm³/mol. The maximum Gasteiger partial charge on any atom is 0.255 e. The number of aryl methyl sites for hydroxylation is 1. The molecule has 98 valence electrons. The van der Waals surface area contributed by atoms with E-state index in [1.54, 1.807) is 12.1 Å². The fraction of sp³-hybridized carbons (Fsp3) is 0.133. The van der Waals surface area contributed by atoms with Gasteiger partial charge in [0.05, 0.1) is 3.57 Å². The van der Waals surface area contributed by atoms with Crippen LogP contribution in [-0.4, -0.2) is 11.0 Å². The Balaban J connectivity index is 2.13. The first-order chi connectivity index (χ1) is 9.10. The molecule has 0 aromatic heterocycles. The third-order valence-corrected chi connectivity index (χ3v) is 3.74.